The first-order valence-corrected chi connectivity index (χ1v) is 15.8. The number of alkyl carbamates (subject to hydrolysis) is 1. The summed E-state index contributed by atoms with van der Waals surface area (Å²) in [5, 5.41) is 14.3. The fourth-order valence-corrected chi connectivity index (χ4v) is 7.54. The molecule has 2 aromatic carbocycles. The van der Waals surface area contributed by atoms with Crippen LogP contribution < -0.4 is 10.1 Å². The van der Waals surface area contributed by atoms with Crippen LogP contribution in [0.25, 0.3) is 0 Å². The van der Waals surface area contributed by atoms with E-state index in [0.29, 0.717) is 12.4 Å². The van der Waals surface area contributed by atoms with E-state index in [1.807, 2.05) is 44.2 Å². The molecule has 0 aliphatic carbocycles. The molecule has 0 saturated carbocycles. The Labute approximate surface area is 247 Å². The predicted molar refractivity (Wildman–Crippen MR) is 152 cm³/mol. The number of nitrogens with zero attached hydrogens (tertiary/aromatic N) is 1. The molecule has 3 aliphatic heterocycles. The number of amides is 1. The van der Waals surface area contributed by atoms with Crippen LogP contribution in [0.15, 0.2) is 59.5 Å². The van der Waals surface area contributed by atoms with E-state index in [1.54, 1.807) is 12.1 Å². The minimum absolute atomic E-state index is 0.0111. The van der Waals surface area contributed by atoms with E-state index in [2.05, 4.69) is 5.32 Å². The monoisotopic (exact) mass is 604 g/mol. The van der Waals surface area contributed by atoms with Crippen molar-refractivity contribution in [1.82, 2.24) is 9.62 Å². The van der Waals surface area contributed by atoms with Gasteiger partial charge >= 0.3 is 6.09 Å². The van der Waals surface area contributed by atoms with Gasteiger partial charge in [0, 0.05) is 19.0 Å². The first-order chi connectivity index (χ1) is 20.2. The maximum atomic E-state index is 13.7. The van der Waals surface area contributed by atoms with Crippen molar-refractivity contribution in [2.45, 2.75) is 62.4 Å². The van der Waals surface area contributed by atoms with Gasteiger partial charge in [-0.05, 0) is 48.6 Å². The van der Waals surface area contributed by atoms with E-state index < -0.39 is 40.7 Å². The van der Waals surface area contributed by atoms with Crippen molar-refractivity contribution < 1.29 is 42.0 Å². The van der Waals surface area contributed by atoms with Gasteiger partial charge < -0.3 is 34.1 Å². The minimum Gasteiger partial charge on any atom is -0.497 e. The predicted octanol–water partition coefficient (Wildman–Crippen LogP) is 2.77. The number of hydrogen-bond acceptors (Lipinski definition) is 9. The lowest BCUT2D eigenvalue weighted by molar-refractivity contribution is -0.188. The van der Waals surface area contributed by atoms with Crippen LogP contribution in [0.2, 0.25) is 0 Å². The third-order valence-corrected chi connectivity index (χ3v) is 9.84. The van der Waals surface area contributed by atoms with Gasteiger partial charge in [-0.2, -0.15) is 4.31 Å². The number of ether oxygens (including phenoxy) is 5. The Morgan fingerprint density at radius 1 is 1.07 bits per heavy atom. The topological polar surface area (TPSA) is 133 Å². The average molecular weight is 605 g/mol. The second kappa shape index (κ2) is 13.3. The molecule has 11 nitrogen and oxygen atoms in total. The molecule has 3 fully saturated rings. The molecule has 2 aromatic rings. The third kappa shape index (κ3) is 6.90. The molecule has 3 saturated heterocycles. The summed E-state index contributed by atoms with van der Waals surface area (Å²) in [5.41, 5.74) is 0.870. The number of nitrogens with one attached hydrogen (secondary N) is 1. The molecule has 5 rings (SSSR count). The van der Waals surface area contributed by atoms with Crippen molar-refractivity contribution in [1.29, 1.82) is 0 Å². The molecule has 230 valence electrons. The maximum Gasteiger partial charge on any atom is 0.407 e. The van der Waals surface area contributed by atoms with Crippen LogP contribution in [-0.4, -0.2) is 88.2 Å². The minimum atomic E-state index is -3.96. The van der Waals surface area contributed by atoms with Gasteiger partial charge in [-0.15, -0.1) is 0 Å². The molecular weight excluding hydrogens is 564 g/mol. The summed E-state index contributed by atoms with van der Waals surface area (Å²) < 4.78 is 56.7. The molecule has 0 aromatic heterocycles. The lowest BCUT2D eigenvalue weighted by atomic mass is 9.89. The molecule has 2 N–H and O–H groups in total. The highest BCUT2D eigenvalue weighted by Crippen LogP contribution is 2.45. The number of fused-ring (bicyclic) bond motifs is 3. The Hall–Kier alpha value is -2.74. The number of aliphatic hydroxyl groups is 1. The van der Waals surface area contributed by atoms with Crippen molar-refractivity contribution in [3.05, 3.63) is 60.2 Å². The number of sulfonamides is 1. The Morgan fingerprint density at radius 2 is 1.81 bits per heavy atom. The molecule has 0 bridgehead atoms. The smallest absolute Gasteiger partial charge is 0.407 e. The highest BCUT2D eigenvalue weighted by atomic mass is 32.2. The van der Waals surface area contributed by atoms with Crippen LogP contribution in [0.3, 0.4) is 0 Å². The van der Waals surface area contributed by atoms with E-state index in [-0.39, 0.29) is 55.1 Å². The molecule has 12 heteroatoms. The van der Waals surface area contributed by atoms with E-state index in [0.717, 1.165) is 12.0 Å². The Kier molecular flexibility index (Phi) is 9.70. The number of benzene rings is 2. The fourth-order valence-electron chi connectivity index (χ4n) is 5.92. The number of carbonyl (C=O) groups excluding carboxylic acids is 1. The lowest BCUT2D eigenvalue weighted by Gasteiger charge is -2.31. The lowest BCUT2D eigenvalue weighted by Crippen LogP contribution is -2.52. The quantitative estimate of drug-likeness (QED) is 0.375. The van der Waals surface area contributed by atoms with Crippen LogP contribution in [0.4, 0.5) is 4.79 Å². The van der Waals surface area contributed by atoms with E-state index >= 15 is 0 Å². The standard InChI is InChI=1S/C30H40N2O9S/c1-19(2)16-32(42(35,36)22-11-9-21(37-3)10-12-22)17-25(33)24(15-20-7-5-4-6-8-20)31-30(34)40-26-18-39-29-27(26)23-13-14-38-28(23)41-29/h4-12,19,23-29,33H,13-18H2,1-3H3,(H,31,34)/t23-,24-,25+,26+,27+,28+,29+/m0/s1. The molecule has 0 radical (unpaired) electrons. The summed E-state index contributed by atoms with van der Waals surface area (Å²) in [6.07, 6.45) is -2.21. The largest absolute Gasteiger partial charge is 0.497 e. The Morgan fingerprint density at radius 3 is 2.50 bits per heavy atom. The zero-order valence-corrected chi connectivity index (χ0v) is 24.9. The van der Waals surface area contributed by atoms with Gasteiger partial charge in [-0.3, -0.25) is 0 Å². The van der Waals surface area contributed by atoms with Crippen molar-refractivity contribution in [3.8, 4) is 5.75 Å². The Bertz CT molecular complexity index is 1290. The summed E-state index contributed by atoms with van der Waals surface area (Å²) in [4.78, 5) is 13.3. The number of carbonyl (C=O) groups is 1. The zero-order chi connectivity index (χ0) is 29.9. The van der Waals surface area contributed by atoms with Crippen molar-refractivity contribution in [2.24, 2.45) is 17.8 Å². The van der Waals surface area contributed by atoms with E-state index in [4.69, 9.17) is 23.7 Å². The highest BCUT2D eigenvalue weighted by Gasteiger charge is 2.56. The number of aliphatic hydroxyl groups excluding tert-OH is 1. The van der Waals surface area contributed by atoms with Gasteiger partial charge in [0.15, 0.2) is 12.6 Å². The molecule has 3 aliphatic rings. The van der Waals surface area contributed by atoms with Crippen molar-refractivity contribution in [3.63, 3.8) is 0 Å². The van der Waals surface area contributed by atoms with E-state index in [1.165, 1.54) is 23.5 Å². The second-order valence-corrected chi connectivity index (χ2v) is 13.4. The van der Waals surface area contributed by atoms with Crippen LogP contribution in [0, 0.1) is 17.8 Å². The molecular formula is C30H40N2O9S. The molecule has 0 unspecified atom stereocenters. The van der Waals surface area contributed by atoms with Gasteiger partial charge in [0.25, 0.3) is 0 Å². The first kappa shape index (κ1) is 30.7. The normalized spacial score (nSPS) is 26.6. The van der Waals surface area contributed by atoms with Crippen LogP contribution in [0.1, 0.15) is 25.8 Å². The number of hydrogen-bond donors (Lipinski definition) is 2. The van der Waals surface area contributed by atoms with E-state index in [9.17, 15) is 18.3 Å². The summed E-state index contributed by atoms with van der Waals surface area (Å²) >= 11 is 0. The number of methoxy groups -OCH3 is 1. The van der Waals surface area contributed by atoms with Crippen molar-refractivity contribution >= 4 is 16.1 Å². The van der Waals surface area contributed by atoms with Gasteiger partial charge in [-0.25, -0.2) is 13.2 Å². The van der Waals surface area contributed by atoms with Crippen LogP contribution in [0.5, 0.6) is 5.75 Å². The average Bonchev–Trinajstić information content (AvgIpc) is 3.66. The summed E-state index contributed by atoms with van der Waals surface area (Å²) in [5.74, 6) is 0.489. The summed E-state index contributed by atoms with van der Waals surface area (Å²) in [6, 6.07) is 14.7. The first-order valence-electron chi connectivity index (χ1n) is 14.4. The highest BCUT2D eigenvalue weighted by molar-refractivity contribution is 7.89. The number of rotatable bonds is 12. The molecule has 0 spiro atoms. The zero-order valence-electron chi connectivity index (χ0n) is 24.1. The van der Waals surface area contributed by atoms with Gasteiger partial charge in [-0.1, -0.05) is 44.2 Å². The van der Waals surface area contributed by atoms with Gasteiger partial charge in [0.2, 0.25) is 10.0 Å². The van der Waals surface area contributed by atoms with Crippen LogP contribution >= 0.6 is 0 Å². The summed E-state index contributed by atoms with van der Waals surface area (Å²) in [6.45, 7) is 4.57. The molecule has 3 heterocycles. The Balaban J connectivity index is 1.31. The second-order valence-electron chi connectivity index (χ2n) is 11.4. The van der Waals surface area contributed by atoms with Crippen molar-refractivity contribution in [2.75, 3.05) is 33.4 Å². The molecule has 7 atom stereocenters. The van der Waals surface area contributed by atoms with Crippen LogP contribution in [-0.2, 0) is 35.4 Å². The molecule has 1 amide bonds. The van der Waals surface area contributed by atoms with Gasteiger partial charge in [0.05, 0.1) is 43.3 Å². The third-order valence-electron chi connectivity index (χ3n) is 8.00. The maximum absolute atomic E-state index is 13.7. The summed E-state index contributed by atoms with van der Waals surface area (Å²) in [7, 11) is -2.45. The molecule has 42 heavy (non-hydrogen) atoms. The van der Waals surface area contributed by atoms with Gasteiger partial charge in [0.1, 0.15) is 11.9 Å². The fraction of sp³-hybridized carbons (Fsp3) is 0.567. The SMILES string of the molecule is COc1ccc(S(=O)(=O)N(CC(C)C)C[C@@H](O)[C@H](Cc2ccccc2)NC(=O)O[C@@H]2CO[C@@H]3O[C@H]4OCC[C@H]4[C@@H]32)cc1.